The molecule has 0 fully saturated rings. The average Bonchev–Trinajstić information content (AvgIpc) is 2.61. The number of hydrogen-bond donors (Lipinski definition) is 0. The molecule has 0 saturated carbocycles. The fourth-order valence-corrected chi connectivity index (χ4v) is 1.39. The Hall–Kier alpha value is -1.57. The Morgan fingerprint density at radius 2 is 0.784 bits per heavy atom. The van der Waals surface area contributed by atoms with Crippen molar-refractivity contribution in [1.29, 1.82) is 0 Å². The number of halogens is 19. The van der Waals surface area contributed by atoms with Crippen LogP contribution in [0.3, 0.4) is 0 Å². The molecule has 0 aromatic carbocycles. The molecule has 0 N–H and O–H groups in total. The lowest BCUT2D eigenvalue weighted by Gasteiger charge is -2.37. The Bertz CT molecular complexity index is 750. The van der Waals surface area contributed by atoms with E-state index >= 15 is 0 Å². The van der Waals surface area contributed by atoms with E-state index in [0.717, 1.165) is 7.11 Å². The standard InChI is InChI=1S/C12H7F19O6/c1-32-3-34-33-2-4(13,14)35-9(24,25)10(26,27)37-12(30,31)11(28,29)36-8(22,23)6(17,18)5(15,16)7(19,20)21/h2-3H2,1H3. The lowest BCUT2D eigenvalue weighted by Crippen LogP contribution is -2.65. The predicted octanol–water partition coefficient (Wildman–Crippen LogP) is 5.98. The number of alkyl halides is 19. The van der Waals surface area contributed by atoms with E-state index in [1.165, 1.54) is 9.47 Å². The van der Waals surface area contributed by atoms with Crippen LogP contribution in [0.5, 0.6) is 0 Å². The molecule has 0 heterocycles. The summed E-state index contributed by atoms with van der Waals surface area (Å²) < 4.78 is 253. The van der Waals surface area contributed by atoms with Gasteiger partial charge in [-0.05, 0) is 0 Å². The minimum atomic E-state index is -8.18. The van der Waals surface area contributed by atoms with Gasteiger partial charge in [0.15, 0.2) is 13.4 Å². The van der Waals surface area contributed by atoms with Crippen LogP contribution in [-0.2, 0) is 28.7 Å². The van der Waals surface area contributed by atoms with Gasteiger partial charge in [-0.15, -0.1) is 0 Å². The van der Waals surface area contributed by atoms with Gasteiger partial charge in [-0.3, -0.25) is 0 Å². The van der Waals surface area contributed by atoms with Gasteiger partial charge in [-0.1, -0.05) is 0 Å². The van der Waals surface area contributed by atoms with Gasteiger partial charge in [0, 0.05) is 7.11 Å². The zero-order valence-electron chi connectivity index (χ0n) is 16.5. The Morgan fingerprint density at radius 1 is 0.432 bits per heavy atom. The van der Waals surface area contributed by atoms with Crippen molar-refractivity contribution in [3.05, 3.63) is 0 Å². The van der Waals surface area contributed by atoms with Crippen LogP contribution >= 0.6 is 0 Å². The Balaban J connectivity index is 5.89. The molecule has 0 amide bonds. The molecular formula is C12H7F19O6. The number of hydrogen-bond acceptors (Lipinski definition) is 6. The number of rotatable bonds is 15. The zero-order valence-corrected chi connectivity index (χ0v) is 16.5. The van der Waals surface area contributed by atoms with Crippen LogP contribution in [0.1, 0.15) is 0 Å². The third kappa shape index (κ3) is 7.73. The lowest BCUT2D eigenvalue weighted by molar-refractivity contribution is -0.570. The topological polar surface area (TPSA) is 55.4 Å². The molecule has 6 nitrogen and oxygen atoms in total. The molecule has 0 atom stereocenters. The second-order valence-corrected chi connectivity index (χ2v) is 5.96. The van der Waals surface area contributed by atoms with Crippen LogP contribution in [0, 0.1) is 0 Å². The van der Waals surface area contributed by atoms with Crippen LogP contribution in [0.15, 0.2) is 0 Å². The van der Waals surface area contributed by atoms with Gasteiger partial charge < -0.3 is 4.74 Å². The van der Waals surface area contributed by atoms with Crippen molar-refractivity contribution in [3.8, 4) is 0 Å². The number of ether oxygens (including phenoxy) is 4. The Labute approximate surface area is 189 Å². The van der Waals surface area contributed by atoms with Crippen molar-refractivity contribution >= 4 is 0 Å². The van der Waals surface area contributed by atoms with Crippen LogP contribution < -0.4 is 0 Å². The summed E-state index contributed by atoms with van der Waals surface area (Å²) in [7, 11) is 0.836. The lowest BCUT2D eigenvalue weighted by atomic mass is 10.1. The highest BCUT2D eigenvalue weighted by atomic mass is 19.4. The van der Waals surface area contributed by atoms with Crippen molar-refractivity contribution in [2.75, 3.05) is 20.5 Å². The maximum Gasteiger partial charge on any atom is 0.460 e. The third-order valence-corrected chi connectivity index (χ3v) is 3.06. The molecule has 0 radical (unpaired) electrons. The quantitative estimate of drug-likeness (QED) is 0.0751. The second-order valence-electron chi connectivity index (χ2n) is 5.96. The van der Waals surface area contributed by atoms with E-state index in [4.69, 9.17) is 0 Å². The largest absolute Gasteiger partial charge is 0.460 e. The van der Waals surface area contributed by atoms with Gasteiger partial charge in [-0.2, -0.15) is 83.4 Å². The van der Waals surface area contributed by atoms with E-state index in [9.17, 15) is 83.4 Å². The predicted molar refractivity (Wildman–Crippen MR) is 67.8 cm³/mol. The van der Waals surface area contributed by atoms with Crippen molar-refractivity contribution in [2.45, 2.75) is 54.7 Å². The molecule has 0 bridgehead atoms. The minimum absolute atomic E-state index is 0.836. The molecule has 37 heavy (non-hydrogen) atoms. The molecule has 0 aliphatic carbocycles. The van der Waals surface area contributed by atoms with Crippen molar-refractivity contribution in [1.82, 2.24) is 0 Å². The van der Waals surface area contributed by atoms with Crippen LogP contribution in [0.25, 0.3) is 0 Å². The van der Waals surface area contributed by atoms with Gasteiger partial charge in [-0.25, -0.2) is 24.0 Å². The van der Waals surface area contributed by atoms with Gasteiger partial charge in [0.1, 0.15) is 0 Å². The van der Waals surface area contributed by atoms with Crippen molar-refractivity contribution < 1.29 is 112 Å². The first-order valence-corrected chi connectivity index (χ1v) is 7.86. The van der Waals surface area contributed by atoms with Gasteiger partial charge in [0.2, 0.25) is 0 Å². The van der Waals surface area contributed by atoms with Crippen LogP contribution in [0.4, 0.5) is 83.4 Å². The summed E-state index contributed by atoms with van der Waals surface area (Å²) in [6, 6.07) is 0. The van der Waals surface area contributed by atoms with Crippen LogP contribution in [-0.4, -0.2) is 75.2 Å². The maximum atomic E-state index is 13.2. The summed E-state index contributed by atoms with van der Waals surface area (Å²) in [4.78, 5) is 7.01. The molecule has 0 aromatic heterocycles. The molecule has 0 saturated heterocycles. The summed E-state index contributed by atoms with van der Waals surface area (Å²) in [5.41, 5.74) is 0. The fraction of sp³-hybridized carbons (Fsp3) is 1.00. The highest BCUT2D eigenvalue weighted by Gasteiger charge is 2.85. The third-order valence-electron chi connectivity index (χ3n) is 3.06. The van der Waals surface area contributed by atoms with Gasteiger partial charge in [0.25, 0.3) is 0 Å². The highest BCUT2D eigenvalue weighted by molar-refractivity contribution is 4.97. The molecule has 0 aliphatic rings. The normalized spacial score (nSPS) is 15.9. The monoisotopic (exact) mass is 608 g/mol. The maximum absolute atomic E-state index is 13.2. The molecule has 0 rings (SSSR count). The smallest absolute Gasteiger partial charge is 0.355 e. The van der Waals surface area contributed by atoms with Gasteiger partial charge >= 0.3 is 54.7 Å². The summed E-state index contributed by atoms with van der Waals surface area (Å²) in [6.07, 6.45) is -51.7. The first-order valence-electron chi connectivity index (χ1n) is 7.86. The highest BCUT2D eigenvalue weighted by Crippen LogP contribution is 2.56. The van der Waals surface area contributed by atoms with E-state index in [0.29, 0.717) is 0 Å². The summed E-state index contributed by atoms with van der Waals surface area (Å²) in [5.74, 6) is -16.2. The molecule has 224 valence electrons. The molecule has 0 spiro atoms. The summed E-state index contributed by atoms with van der Waals surface area (Å²) in [6.45, 7) is -3.59. The van der Waals surface area contributed by atoms with Gasteiger partial charge in [0.05, 0.1) is 0 Å². The summed E-state index contributed by atoms with van der Waals surface area (Å²) in [5, 5.41) is 0. The van der Waals surface area contributed by atoms with Crippen molar-refractivity contribution in [3.63, 3.8) is 0 Å². The van der Waals surface area contributed by atoms with Crippen LogP contribution in [0.2, 0.25) is 0 Å². The molecular weight excluding hydrogens is 601 g/mol. The Kier molecular flexibility index (Phi) is 10.1. The van der Waals surface area contributed by atoms with E-state index < -0.39 is 68.1 Å². The SMILES string of the molecule is COCOOCC(F)(F)OC(F)(F)C(F)(F)OC(F)(F)C(F)(F)OC(F)(F)C(F)(F)C(F)(F)C(F)(F)F. The molecule has 25 heteroatoms. The first-order chi connectivity index (χ1) is 15.9. The average molecular weight is 608 g/mol. The Morgan fingerprint density at radius 3 is 1.14 bits per heavy atom. The van der Waals surface area contributed by atoms with Crippen molar-refractivity contribution in [2.24, 2.45) is 0 Å². The molecule has 0 aliphatic heterocycles. The number of methoxy groups -OCH3 is 1. The van der Waals surface area contributed by atoms with E-state index in [1.54, 1.807) is 0 Å². The molecule has 0 unspecified atom stereocenters. The van der Waals surface area contributed by atoms with E-state index in [-0.39, 0.29) is 0 Å². The molecule has 0 aromatic rings. The van der Waals surface area contributed by atoms with E-state index in [1.807, 2.05) is 0 Å². The van der Waals surface area contributed by atoms with E-state index in [2.05, 4.69) is 19.2 Å². The zero-order chi connectivity index (χ0) is 30.2. The minimum Gasteiger partial charge on any atom is -0.355 e. The first kappa shape index (κ1) is 35.4. The fourth-order valence-electron chi connectivity index (χ4n) is 1.39. The summed E-state index contributed by atoms with van der Waals surface area (Å²) >= 11 is 0. The second kappa shape index (κ2) is 10.5.